The molecule has 0 atom stereocenters. The number of carbonyl (C=O) groups excluding carboxylic acids is 1. The van der Waals surface area contributed by atoms with E-state index in [0.29, 0.717) is 12.1 Å². The van der Waals surface area contributed by atoms with Crippen molar-refractivity contribution in [2.45, 2.75) is 20.3 Å². The predicted octanol–water partition coefficient (Wildman–Crippen LogP) is 2.18. The highest BCUT2D eigenvalue weighted by atomic mass is 19.1. The lowest BCUT2D eigenvalue weighted by Crippen LogP contribution is -2.46. The Balaban J connectivity index is 1.94. The molecule has 2 rings (SSSR count). The average molecular weight is 289 g/mol. The van der Waals surface area contributed by atoms with Crippen molar-refractivity contribution in [3.05, 3.63) is 47.8 Å². The van der Waals surface area contributed by atoms with Gasteiger partial charge in [0.05, 0.1) is 13.1 Å². The van der Waals surface area contributed by atoms with Gasteiger partial charge in [-0.1, -0.05) is 18.7 Å². The molecule has 0 N–H and O–H groups in total. The smallest absolute Gasteiger partial charge is 0.287 e. The van der Waals surface area contributed by atoms with Crippen molar-refractivity contribution in [3.8, 4) is 0 Å². The molecule has 1 heterocycles. The predicted molar refractivity (Wildman–Crippen MR) is 82.3 cm³/mol. The largest absolute Gasteiger partial charge is 0.411 e. The van der Waals surface area contributed by atoms with Crippen LogP contribution in [-0.2, 0) is 11.2 Å². The van der Waals surface area contributed by atoms with Crippen molar-refractivity contribution in [1.82, 2.24) is 4.90 Å². The molecule has 0 aliphatic carbocycles. The van der Waals surface area contributed by atoms with E-state index < -0.39 is 0 Å². The molecule has 4 heteroatoms. The van der Waals surface area contributed by atoms with Crippen molar-refractivity contribution in [3.63, 3.8) is 0 Å². The molecular weight excluding hydrogens is 267 g/mol. The van der Waals surface area contributed by atoms with Crippen LogP contribution in [0.3, 0.4) is 0 Å². The Bertz CT molecular complexity index is 592. The normalized spacial score (nSPS) is 16.1. The number of amides is 1. The van der Waals surface area contributed by atoms with Crippen LogP contribution in [0.15, 0.2) is 30.9 Å². The summed E-state index contributed by atoms with van der Waals surface area (Å²) in [6.07, 6.45) is 2.17. The zero-order valence-corrected chi connectivity index (χ0v) is 12.7. The van der Waals surface area contributed by atoms with E-state index in [1.165, 1.54) is 6.08 Å². The van der Waals surface area contributed by atoms with Gasteiger partial charge in [0.2, 0.25) is 0 Å². The van der Waals surface area contributed by atoms with Crippen LogP contribution in [0.1, 0.15) is 18.1 Å². The molecule has 0 aromatic heterocycles. The molecule has 21 heavy (non-hydrogen) atoms. The fraction of sp³-hybridized carbons (Fsp3) is 0.412. The minimum absolute atomic E-state index is 0.0345. The molecule has 0 fully saturated rings. The quantitative estimate of drug-likeness (QED) is 0.626. The van der Waals surface area contributed by atoms with Crippen LogP contribution in [0.5, 0.6) is 0 Å². The standard InChI is InChI=1S/C17H22FN2O/c1-4-17(21)20-10-9-19(12-14(20)3)8-7-15-6-5-13(2)16(18)11-15/h4-6,11H,1,7-10,12H2,2-3H3/q+1. The van der Waals surface area contributed by atoms with Crippen molar-refractivity contribution < 1.29 is 13.8 Å². The van der Waals surface area contributed by atoms with Gasteiger partial charge < -0.3 is 0 Å². The van der Waals surface area contributed by atoms with Crippen LogP contribution in [0, 0.1) is 12.7 Å². The second-order valence-electron chi connectivity index (χ2n) is 5.54. The highest BCUT2D eigenvalue weighted by molar-refractivity contribution is 5.89. The van der Waals surface area contributed by atoms with Crippen molar-refractivity contribution in [1.29, 1.82) is 0 Å². The minimum Gasteiger partial charge on any atom is -0.287 e. The number of hydrogen-bond donors (Lipinski definition) is 0. The van der Waals surface area contributed by atoms with Gasteiger partial charge in [0.1, 0.15) is 5.82 Å². The molecular formula is C17H22FN2O+. The van der Waals surface area contributed by atoms with E-state index in [0.717, 1.165) is 37.3 Å². The zero-order valence-electron chi connectivity index (χ0n) is 12.7. The third-order valence-corrected chi connectivity index (χ3v) is 3.95. The van der Waals surface area contributed by atoms with Crippen LogP contribution in [0.2, 0.25) is 0 Å². The monoisotopic (exact) mass is 289 g/mol. The number of hydrogen-bond acceptors (Lipinski definition) is 2. The Morgan fingerprint density at radius 3 is 2.86 bits per heavy atom. The summed E-state index contributed by atoms with van der Waals surface area (Å²) < 4.78 is 15.3. The molecule has 0 bridgehead atoms. The van der Waals surface area contributed by atoms with Crippen molar-refractivity contribution in [2.75, 3.05) is 26.2 Å². The minimum atomic E-state index is -0.142. The van der Waals surface area contributed by atoms with Gasteiger partial charge >= 0.3 is 5.91 Å². The van der Waals surface area contributed by atoms with Gasteiger partial charge in [0.15, 0.2) is 12.3 Å². The zero-order chi connectivity index (χ0) is 15.4. The summed E-state index contributed by atoms with van der Waals surface area (Å²) in [6.45, 7) is 10.4. The number of halogens is 1. The lowest BCUT2D eigenvalue weighted by atomic mass is 10.1. The van der Waals surface area contributed by atoms with Gasteiger partial charge in [0.25, 0.3) is 0 Å². The fourth-order valence-corrected chi connectivity index (χ4v) is 2.60. The first-order valence-corrected chi connectivity index (χ1v) is 7.25. The Morgan fingerprint density at radius 1 is 1.48 bits per heavy atom. The first kappa shape index (κ1) is 15.6. The van der Waals surface area contributed by atoms with E-state index >= 15 is 0 Å². The van der Waals surface area contributed by atoms with Gasteiger partial charge in [-0.15, -0.1) is 0 Å². The lowest BCUT2D eigenvalue weighted by molar-refractivity contribution is -0.451. The summed E-state index contributed by atoms with van der Waals surface area (Å²) in [5, 5.41) is 0. The Kier molecular flexibility index (Phi) is 5.02. The molecule has 1 amide bonds. The SMILES string of the molecule is C=CC(=O)[N+]1=C(C)CN(CCc2ccc(C)c(F)c2)CC1. The molecule has 1 aromatic rings. The maximum Gasteiger partial charge on any atom is 0.411 e. The molecule has 0 unspecified atom stereocenters. The van der Waals surface area contributed by atoms with Crippen LogP contribution in [0.4, 0.5) is 4.39 Å². The van der Waals surface area contributed by atoms with Gasteiger partial charge in [-0.2, -0.15) is 4.58 Å². The summed E-state index contributed by atoms with van der Waals surface area (Å²) in [7, 11) is 0. The molecule has 1 aliphatic heterocycles. The highest BCUT2D eigenvalue weighted by Crippen LogP contribution is 2.11. The van der Waals surface area contributed by atoms with Gasteiger partial charge in [-0.05, 0) is 30.5 Å². The molecule has 0 radical (unpaired) electrons. The van der Waals surface area contributed by atoms with Crippen LogP contribution in [-0.4, -0.2) is 47.3 Å². The average Bonchev–Trinajstić information content (AvgIpc) is 2.48. The summed E-state index contributed by atoms with van der Waals surface area (Å²) in [5.41, 5.74) is 2.74. The van der Waals surface area contributed by atoms with Crippen molar-refractivity contribution in [2.24, 2.45) is 0 Å². The number of nitrogens with zero attached hydrogens (tertiary/aromatic N) is 2. The number of benzene rings is 1. The van der Waals surface area contributed by atoms with Gasteiger partial charge in [0, 0.05) is 19.5 Å². The Labute approximate surface area is 125 Å². The van der Waals surface area contributed by atoms with E-state index in [1.807, 2.05) is 19.1 Å². The second-order valence-corrected chi connectivity index (χ2v) is 5.54. The molecule has 0 spiro atoms. The second kappa shape index (κ2) is 6.76. The molecule has 1 aromatic carbocycles. The summed E-state index contributed by atoms with van der Waals surface area (Å²) >= 11 is 0. The topological polar surface area (TPSA) is 23.3 Å². The number of carbonyl (C=O) groups is 1. The summed E-state index contributed by atoms with van der Waals surface area (Å²) in [4.78, 5) is 14.0. The molecule has 0 saturated carbocycles. The van der Waals surface area contributed by atoms with E-state index in [-0.39, 0.29) is 11.7 Å². The van der Waals surface area contributed by atoms with E-state index in [4.69, 9.17) is 0 Å². The lowest BCUT2D eigenvalue weighted by Gasteiger charge is -2.24. The third kappa shape index (κ3) is 3.85. The number of rotatable bonds is 4. The molecule has 1 aliphatic rings. The van der Waals surface area contributed by atoms with Crippen LogP contribution in [0.25, 0.3) is 0 Å². The van der Waals surface area contributed by atoms with E-state index in [9.17, 15) is 9.18 Å². The Morgan fingerprint density at radius 2 is 2.24 bits per heavy atom. The fourth-order valence-electron chi connectivity index (χ4n) is 2.60. The molecule has 112 valence electrons. The first-order chi connectivity index (χ1) is 10.0. The molecule has 0 saturated heterocycles. The maximum atomic E-state index is 13.5. The van der Waals surface area contributed by atoms with E-state index in [2.05, 4.69) is 11.5 Å². The first-order valence-electron chi connectivity index (χ1n) is 7.25. The van der Waals surface area contributed by atoms with Crippen molar-refractivity contribution >= 4 is 11.6 Å². The Hall–Kier alpha value is -1.81. The maximum absolute atomic E-state index is 13.5. The highest BCUT2D eigenvalue weighted by Gasteiger charge is 2.25. The third-order valence-electron chi connectivity index (χ3n) is 3.95. The summed E-state index contributed by atoms with van der Waals surface area (Å²) in [5.74, 6) is -0.176. The van der Waals surface area contributed by atoms with Gasteiger partial charge in [-0.3, -0.25) is 4.90 Å². The number of aryl methyl sites for hydroxylation is 1. The van der Waals surface area contributed by atoms with Crippen LogP contribution < -0.4 is 0 Å². The summed E-state index contributed by atoms with van der Waals surface area (Å²) in [6, 6.07) is 5.42. The molecule has 3 nitrogen and oxygen atoms in total. The van der Waals surface area contributed by atoms with Crippen LogP contribution >= 0.6 is 0 Å². The van der Waals surface area contributed by atoms with E-state index in [1.54, 1.807) is 17.6 Å². The van der Waals surface area contributed by atoms with Gasteiger partial charge in [-0.25, -0.2) is 9.18 Å².